The van der Waals surface area contributed by atoms with Crippen molar-refractivity contribution in [2.75, 3.05) is 0 Å². The number of nitrogens with two attached hydrogens (primary N) is 1. The number of benzene rings is 2. The second kappa shape index (κ2) is 8.60. The van der Waals surface area contributed by atoms with E-state index >= 15 is 0 Å². The molecule has 138 valence electrons. The Morgan fingerprint density at radius 1 is 0.808 bits per heavy atom. The Morgan fingerprint density at radius 3 is 1.54 bits per heavy atom. The monoisotopic (exact) mass is 356 g/mol. The van der Waals surface area contributed by atoms with Crippen LogP contribution in [0.5, 0.6) is 0 Å². The molecule has 0 aliphatic heterocycles. The summed E-state index contributed by atoms with van der Waals surface area (Å²) < 4.78 is 0. The number of hydrogen-bond donors (Lipinski definition) is 3. The molecule has 0 saturated carbocycles. The van der Waals surface area contributed by atoms with Gasteiger partial charge in [0, 0.05) is 0 Å². The molecule has 2 amide bonds. The molecule has 0 aromatic heterocycles. The van der Waals surface area contributed by atoms with Gasteiger partial charge in [-0.1, -0.05) is 60.7 Å². The first-order chi connectivity index (χ1) is 12.3. The minimum absolute atomic E-state index is 0.395. The fraction of sp³-hybridized carbons (Fsp3) is 0.300. The number of aliphatic hydroxyl groups excluding tert-OH is 2. The molecule has 6 heteroatoms. The second-order valence-corrected chi connectivity index (χ2v) is 6.21. The molecule has 0 fully saturated rings. The van der Waals surface area contributed by atoms with E-state index in [4.69, 9.17) is 5.73 Å². The van der Waals surface area contributed by atoms with Gasteiger partial charge in [0.05, 0.1) is 12.1 Å². The van der Waals surface area contributed by atoms with E-state index in [0.29, 0.717) is 0 Å². The number of amides is 2. The van der Waals surface area contributed by atoms with Crippen molar-refractivity contribution in [3.63, 3.8) is 0 Å². The van der Waals surface area contributed by atoms with Crippen molar-refractivity contribution in [2.45, 2.75) is 38.1 Å². The van der Waals surface area contributed by atoms with Crippen LogP contribution in [0.25, 0.3) is 0 Å². The Morgan fingerprint density at radius 2 is 1.19 bits per heavy atom. The molecule has 2 rings (SSSR count). The third-order valence-electron chi connectivity index (χ3n) is 4.50. The van der Waals surface area contributed by atoms with Crippen LogP contribution in [0.1, 0.15) is 37.1 Å². The summed E-state index contributed by atoms with van der Waals surface area (Å²) in [6.07, 6.45) is -3.89. The Bertz CT molecular complexity index is 690. The zero-order valence-corrected chi connectivity index (χ0v) is 14.8. The van der Waals surface area contributed by atoms with Crippen molar-refractivity contribution in [2.24, 2.45) is 5.73 Å². The number of rotatable bonds is 7. The van der Waals surface area contributed by atoms with Crippen LogP contribution in [0.15, 0.2) is 60.7 Å². The molecule has 26 heavy (non-hydrogen) atoms. The highest BCUT2D eigenvalue weighted by atomic mass is 16.3. The lowest BCUT2D eigenvalue weighted by atomic mass is 9.99. The van der Waals surface area contributed by atoms with Crippen molar-refractivity contribution in [3.05, 3.63) is 71.8 Å². The molecule has 0 aliphatic rings. The van der Waals surface area contributed by atoms with Gasteiger partial charge in [-0.15, -0.1) is 0 Å². The summed E-state index contributed by atoms with van der Waals surface area (Å²) in [7, 11) is 0. The highest BCUT2D eigenvalue weighted by Crippen LogP contribution is 2.31. The van der Waals surface area contributed by atoms with Gasteiger partial charge in [-0.25, -0.2) is 0 Å². The van der Waals surface area contributed by atoms with Gasteiger partial charge < -0.3 is 20.8 Å². The lowest BCUT2D eigenvalue weighted by Crippen LogP contribution is -2.50. The Balaban J connectivity index is 2.41. The second-order valence-electron chi connectivity index (χ2n) is 6.21. The van der Waals surface area contributed by atoms with Crippen LogP contribution in [-0.2, 0) is 9.59 Å². The van der Waals surface area contributed by atoms with Crippen molar-refractivity contribution in [1.29, 1.82) is 0 Å². The number of hydrogen-bond acceptors (Lipinski definition) is 4. The first-order valence-corrected chi connectivity index (χ1v) is 8.42. The number of carbonyl (C=O) groups is 2. The van der Waals surface area contributed by atoms with Crippen LogP contribution >= 0.6 is 0 Å². The molecule has 4 atom stereocenters. The Kier molecular flexibility index (Phi) is 6.49. The summed E-state index contributed by atoms with van der Waals surface area (Å²) in [5.41, 5.74) is 6.76. The van der Waals surface area contributed by atoms with E-state index in [-0.39, 0.29) is 0 Å². The summed E-state index contributed by atoms with van der Waals surface area (Å²) in [4.78, 5) is 25.6. The minimum Gasteiger partial charge on any atom is -0.380 e. The average Bonchev–Trinajstić information content (AvgIpc) is 2.67. The highest BCUT2D eigenvalue weighted by Gasteiger charge is 2.37. The molecule has 0 saturated heterocycles. The number of primary amides is 1. The first kappa shape index (κ1) is 19.6. The van der Waals surface area contributed by atoms with Crippen LogP contribution in [0, 0.1) is 0 Å². The van der Waals surface area contributed by atoms with Gasteiger partial charge in [-0.05, 0) is 25.0 Å². The van der Waals surface area contributed by atoms with E-state index < -0.39 is 36.1 Å². The molecule has 4 N–H and O–H groups in total. The zero-order valence-electron chi connectivity index (χ0n) is 14.8. The Labute approximate surface area is 152 Å². The SMILES string of the molecule is CC(c1ccccc1)N(C(=O)C(O)C(O)C(N)=O)C(C)c1ccccc1. The van der Waals surface area contributed by atoms with Gasteiger partial charge in [0.15, 0.2) is 12.2 Å². The molecule has 4 unspecified atom stereocenters. The largest absolute Gasteiger partial charge is 0.380 e. The van der Waals surface area contributed by atoms with Gasteiger partial charge in [-0.3, -0.25) is 9.59 Å². The standard InChI is InChI=1S/C20H24N2O4/c1-13(15-9-5-3-6-10-15)22(14(2)16-11-7-4-8-12-16)20(26)18(24)17(23)19(21)25/h3-14,17-18,23-24H,1-2H3,(H2,21,25). The van der Waals surface area contributed by atoms with E-state index in [2.05, 4.69) is 0 Å². The summed E-state index contributed by atoms with van der Waals surface area (Å²) in [6.45, 7) is 3.66. The molecular weight excluding hydrogens is 332 g/mol. The fourth-order valence-corrected chi connectivity index (χ4v) is 2.94. The highest BCUT2D eigenvalue weighted by molar-refractivity contribution is 5.90. The summed E-state index contributed by atoms with van der Waals surface area (Å²) in [5.74, 6) is -1.91. The molecule has 0 bridgehead atoms. The molecule has 2 aromatic rings. The zero-order chi connectivity index (χ0) is 19.3. The van der Waals surface area contributed by atoms with Crippen molar-refractivity contribution in [1.82, 2.24) is 4.90 Å². The molecule has 0 spiro atoms. The van der Waals surface area contributed by atoms with E-state index in [1.165, 1.54) is 4.90 Å². The van der Waals surface area contributed by atoms with Crippen molar-refractivity contribution >= 4 is 11.8 Å². The van der Waals surface area contributed by atoms with Gasteiger partial charge in [0.25, 0.3) is 5.91 Å². The number of nitrogens with zero attached hydrogens (tertiary/aromatic N) is 1. The summed E-state index contributed by atoms with van der Waals surface area (Å²) in [6, 6.07) is 17.9. The van der Waals surface area contributed by atoms with Crippen molar-refractivity contribution < 1.29 is 19.8 Å². The molecule has 0 heterocycles. The smallest absolute Gasteiger partial charge is 0.255 e. The fourth-order valence-electron chi connectivity index (χ4n) is 2.94. The van der Waals surface area contributed by atoms with Gasteiger partial charge >= 0.3 is 0 Å². The third-order valence-corrected chi connectivity index (χ3v) is 4.50. The normalized spacial score (nSPS) is 15.5. The van der Waals surface area contributed by atoms with Crippen LogP contribution < -0.4 is 5.73 Å². The van der Waals surface area contributed by atoms with E-state index in [1.807, 2.05) is 74.5 Å². The van der Waals surface area contributed by atoms with Gasteiger partial charge in [0.2, 0.25) is 5.91 Å². The maximum Gasteiger partial charge on any atom is 0.255 e. The quantitative estimate of drug-likeness (QED) is 0.700. The maximum absolute atomic E-state index is 12.9. The van der Waals surface area contributed by atoms with E-state index in [0.717, 1.165) is 11.1 Å². The Hall–Kier alpha value is -2.70. The minimum atomic E-state index is -1.96. The first-order valence-electron chi connectivity index (χ1n) is 8.42. The predicted octanol–water partition coefficient (Wildman–Crippen LogP) is 1.54. The molecular formula is C20H24N2O4. The van der Waals surface area contributed by atoms with Crippen LogP contribution in [0.4, 0.5) is 0 Å². The molecule has 6 nitrogen and oxygen atoms in total. The lowest BCUT2D eigenvalue weighted by molar-refractivity contribution is -0.155. The topological polar surface area (TPSA) is 104 Å². The third kappa shape index (κ3) is 4.28. The lowest BCUT2D eigenvalue weighted by Gasteiger charge is -2.37. The van der Waals surface area contributed by atoms with Gasteiger partial charge in [-0.2, -0.15) is 0 Å². The van der Waals surface area contributed by atoms with Gasteiger partial charge in [0.1, 0.15) is 0 Å². The maximum atomic E-state index is 12.9. The molecule has 0 radical (unpaired) electrons. The van der Waals surface area contributed by atoms with E-state index in [9.17, 15) is 19.8 Å². The van der Waals surface area contributed by atoms with Crippen molar-refractivity contribution in [3.8, 4) is 0 Å². The predicted molar refractivity (Wildman–Crippen MR) is 97.8 cm³/mol. The average molecular weight is 356 g/mol. The summed E-state index contributed by atoms with van der Waals surface area (Å²) >= 11 is 0. The summed E-state index contributed by atoms with van der Waals surface area (Å²) in [5, 5.41) is 19.9. The molecule has 0 aliphatic carbocycles. The van der Waals surface area contributed by atoms with Crippen LogP contribution in [0.3, 0.4) is 0 Å². The van der Waals surface area contributed by atoms with Crippen LogP contribution in [0.2, 0.25) is 0 Å². The van der Waals surface area contributed by atoms with E-state index in [1.54, 1.807) is 0 Å². The number of carbonyl (C=O) groups excluding carboxylic acids is 2. The van der Waals surface area contributed by atoms with Crippen LogP contribution in [-0.4, -0.2) is 39.1 Å². The number of aliphatic hydroxyl groups is 2. The molecule has 2 aromatic carbocycles.